The van der Waals surface area contributed by atoms with Crippen LogP contribution in [0.1, 0.15) is 30.5 Å². The lowest BCUT2D eigenvalue weighted by atomic mass is 9.94. The molecule has 0 aliphatic rings. The summed E-state index contributed by atoms with van der Waals surface area (Å²) in [4.78, 5) is 4.47. The third kappa shape index (κ3) is 5.35. The normalized spacial score (nSPS) is 11.4. The lowest BCUT2D eigenvalue weighted by molar-refractivity contribution is 0.322. The highest BCUT2D eigenvalue weighted by molar-refractivity contribution is 6.09. The van der Waals surface area contributed by atoms with Crippen LogP contribution in [0, 0.1) is 26.6 Å². The molecule has 8 heteroatoms. The van der Waals surface area contributed by atoms with Crippen LogP contribution in [0.3, 0.4) is 0 Å². The van der Waals surface area contributed by atoms with Crippen LogP contribution in [0.2, 0.25) is 0 Å². The zero-order valence-electron chi connectivity index (χ0n) is 27.0. The Labute approximate surface area is 272 Å². The second kappa shape index (κ2) is 12.3. The fraction of sp³-hybridized carbons (Fsp3) is 0.179. The largest absolute Gasteiger partial charge is 0.493 e. The van der Waals surface area contributed by atoms with Crippen molar-refractivity contribution in [2.75, 3.05) is 13.2 Å². The van der Waals surface area contributed by atoms with Crippen LogP contribution in [0.5, 0.6) is 23.0 Å². The van der Waals surface area contributed by atoms with E-state index in [4.69, 9.17) is 19.3 Å². The Morgan fingerprint density at radius 1 is 0.723 bits per heavy atom. The predicted octanol–water partition coefficient (Wildman–Crippen LogP) is 9.69. The summed E-state index contributed by atoms with van der Waals surface area (Å²) < 4.78 is 36.8. The molecule has 3 heterocycles. The van der Waals surface area contributed by atoms with Gasteiger partial charge >= 0.3 is 0 Å². The fourth-order valence-electron chi connectivity index (χ4n) is 6.21. The Bertz CT molecular complexity index is 2240. The molecule has 0 N–H and O–H groups in total. The molecule has 0 saturated carbocycles. The highest BCUT2D eigenvalue weighted by Crippen LogP contribution is 2.45. The van der Waals surface area contributed by atoms with Crippen molar-refractivity contribution in [2.45, 2.75) is 34.6 Å². The second-order valence-corrected chi connectivity index (χ2v) is 11.4. The number of nitrogens with zero attached hydrogens (tertiary/aromatic N) is 4. The van der Waals surface area contributed by atoms with Crippen molar-refractivity contribution in [3.8, 4) is 45.6 Å². The summed E-state index contributed by atoms with van der Waals surface area (Å²) in [6, 6.07) is 24.6. The third-order valence-electron chi connectivity index (χ3n) is 8.61. The maximum absolute atomic E-state index is 14.3. The van der Waals surface area contributed by atoms with Crippen molar-refractivity contribution in [1.82, 2.24) is 19.3 Å². The number of aromatic nitrogens is 4. The summed E-state index contributed by atoms with van der Waals surface area (Å²) in [6.45, 7) is 11.3. The minimum Gasteiger partial charge on any atom is -0.493 e. The van der Waals surface area contributed by atoms with Gasteiger partial charge in [-0.05, 0) is 87.7 Å². The molecule has 0 fully saturated rings. The fourth-order valence-corrected chi connectivity index (χ4v) is 6.21. The molecule has 7 nitrogen and oxygen atoms in total. The first kappa shape index (κ1) is 30.0. The van der Waals surface area contributed by atoms with Crippen LogP contribution in [0.15, 0.2) is 97.5 Å². The first-order valence-electron chi connectivity index (χ1n) is 15.8. The molecule has 47 heavy (non-hydrogen) atoms. The van der Waals surface area contributed by atoms with E-state index in [1.54, 1.807) is 0 Å². The highest BCUT2D eigenvalue weighted by atomic mass is 19.1. The minimum atomic E-state index is -0.345. The first-order chi connectivity index (χ1) is 22.9. The number of ether oxygens (including phenoxy) is 3. The van der Waals surface area contributed by atoms with E-state index in [2.05, 4.69) is 31.8 Å². The van der Waals surface area contributed by atoms with E-state index >= 15 is 0 Å². The van der Waals surface area contributed by atoms with Crippen molar-refractivity contribution in [3.05, 3.63) is 120 Å². The van der Waals surface area contributed by atoms with Crippen LogP contribution in [-0.4, -0.2) is 32.5 Å². The molecule has 3 aromatic heterocycles. The lowest BCUT2D eigenvalue weighted by Crippen LogP contribution is -2.05. The van der Waals surface area contributed by atoms with Gasteiger partial charge in [0.2, 0.25) is 0 Å². The third-order valence-corrected chi connectivity index (χ3v) is 8.61. The van der Waals surface area contributed by atoms with Gasteiger partial charge in [0.1, 0.15) is 34.6 Å². The summed E-state index contributed by atoms with van der Waals surface area (Å²) >= 11 is 0. The Morgan fingerprint density at radius 2 is 1.45 bits per heavy atom. The second-order valence-electron chi connectivity index (χ2n) is 11.4. The first-order valence-corrected chi connectivity index (χ1v) is 15.8. The summed E-state index contributed by atoms with van der Waals surface area (Å²) in [7, 11) is 0. The number of halogens is 1. The van der Waals surface area contributed by atoms with Crippen LogP contribution in [0.25, 0.3) is 44.4 Å². The Kier molecular flexibility index (Phi) is 7.85. The molecule has 0 saturated heterocycles. The van der Waals surface area contributed by atoms with Crippen molar-refractivity contribution in [3.63, 3.8) is 0 Å². The van der Waals surface area contributed by atoms with Crippen molar-refractivity contribution in [1.29, 1.82) is 0 Å². The summed E-state index contributed by atoms with van der Waals surface area (Å²) in [5.41, 5.74) is 7.79. The standard InChI is InChI=1S/C39H35FN4O3/c1-6-45-38-25(4)24(3)26(5)39(46-7-2)37(38)27-22-42-43(23-27)29-11-10-12-30(20-29)47-31-15-16-33-32-13-8-9-14-34(32)44(35(33)21-31)36-19-28(40)17-18-41-36/h8-23H,6-7H2,1-5H3. The molecule has 236 valence electrons. The number of fused-ring (bicyclic) bond motifs is 3. The average molecular weight is 627 g/mol. The highest BCUT2D eigenvalue weighted by Gasteiger charge is 2.23. The van der Waals surface area contributed by atoms with Gasteiger partial charge in [0.25, 0.3) is 0 Å². The molecule has 0 spiro atoms. The van der Waals surface area contributed by atoms with Crippen molar-refractivity contribution >= 4 is 21.8 Å². The molecule has 0 aliphatic carbocycles. The van der Waals surface area contributed by atoms with Gasteiger partial charge in [-0.3, -0.25) is 4.57 Å². The van der Waals surface area contributed by atoms with E-state index in [-0.39, 0.29) is 5.82 Å². The van der Waals surface area contributed by atoms with Gasteiger partial charge in [-0.1, -0.05) is 24.3 Å². The topological polar surface area (TPSA) is 63.3 Å². The SMILES string of the molecule is CCOc1c(C)c(C)c(C)c(OCC)c1-c1cnn(-c2cccc(Oc3ccc4c5ccccc5n(-c5cc(F)ccn5)c4c3)c2)c1. The van der Waals surface area contributed by atoms with E-state index < -0.39 is 0 Å². The molecular weight excluding hydrogens is 591 g/mol. The van der Waals surface area contributed by atoms with Crippen molar-refractivity contribution < 1.29 is 18.6 Å². The van der Waals surface area contributed by atoms with Gasteiger partial charge in [-0.25, -0.2) is 14.1 Å². The molecule has 0 bridgehead atoms. The molecule has 0 amide bonds. The van der Waals surface area contributed by atoms with Gasteiger partial charge in [-0.15, -0.1) is 0 Å². The quantitative estimate of drug-likeness (QED) is 0.160. The summed E-state index contributed by atoms with van der Waals surface area (Å²) in [5.74, 6) is 3.09. The molecule has 0 unspecified atom stereocenters. The maximum atomic E-state index is 14.3. The van der Waals surface area contributed by atoms with Crippen LogP contribution < -0.4 is 14.2 Å². The number of para-hydroxylation sites is 1. The number of rotatable bonds is 9. The van der Waals surface area contributed by atoms with Crippen LogP contribution in [-0.2, 0) is 0 Å². The van der Waals surface area contributed by atoms with E-state index in [1.165, 1.54) is 18.3 Å². The Balaban J connectivity index is 1.25. The van der Waals surface area contributed by atoms with E-state index in [9.17, 15) is 4.39 Å². The number of hydrogen-bond donors (Lipinski definition) is 0. The van der Waals surface area contributed by atoms with Crippen LogP contribution in [0.4, 0.5) is 4.39 Å². The monoisotopic (exact) mass is 626 g/mol. The van der Waals surface area contributed by atoms with Gasteiger partial charge < -0.3 is 14.2 Å². The zero-order chi connectivity index (χ0) is 32.7. The predicted molar refractivity (Wildman–Crippen MR) is 184 cm³/mol. The summed E-state index contributed by atoms with van der Waals surface area (Å²) in [6.07, 6.45) is 5.31. The zero-order valence-corrected chi connectivity index (χ0v) is 27.0. The molecule has 7 aromatic rings. The van der Waals surface area contributed by atoms with Gasteiger partial charge in [-0.2, -0.15) is 5.10 Å². The molecule has 4 aromatic carbocycles. The number of pyridine rings is 1. The lowest BCUT2D eigenvalue weighted by Gasteiger charge is -2.21. The molecular formula is C39H35FN4O3. The van der Waals surface area contributed by atoms with E-state index in [1.807, 2.05) is 96.2 Å². The minimum absolute atomic E-state index is 0.345. The smallest absolute Gasteiger partial charge is 0.140 e. The Morgan fingerprint density at radius 3 is 2.19 bits per heavy atom. The molecule has 7 rings (SSSR count). The van der Waals surface area contributed by atoms with E-state index in [0.29, 0.717) is 30.5 Å². The Hall–Kier alpha value is -5.63. The van der Waals surface area contributed by atoms with Gasteiger partial charge in [0.05, 0.1) is 41.7 Å². The average Bonchev–Trinajstić information content (AvgIpc) is 3.69. The molecule has 0 atom stereocenters. The van der Waals surface area contributed by atoms with Gasteiger partial charge in [0, 0.05) is 46.9 Å². The van der Waals surface area contributed by atoms with Crippen molar-refractivity contribution in [2.24, 2.45) is 0 Å². The number of hydrogen-bond acceptors (Lipinski definition) is 5. The maximum Gasteiger partial charge on any atom is 0.140 e. The molecule has 0 aliphatic heterocycles. The van der Waals surface area contributed by atoms with Gasteiger partial charge in [0.15, 0.2) is 0 Å². The van der Waals surface area contributed by atoms with Crippen LogP contribution >= 0.6 is 0 Å². The van der Waals surface area contributed by atoms with E-state index in [0.717, 1.165) is 66.8 Å². The molecule has 0 radical (unpaired) electrons. The number of benzene rings is 4. The summed E-state index contributed by atoms with van der Waals surface area (Å²) in [5, 5.41) is 6.80.